The van der Waals surface area contributed by atoms with Gasteiger partial charge in [0.25, 0.3) is 0 Å². The van der Waals surface area contributed by atoms with E-state index >= 15 is 0 Å². The van der Waals surface area contributed by atoms with Gasteiger partial charge in [0.2, 0.25) is 19.7 Å². The molecular formula is C13F13O4S2-. The molecule has 0 radical (unpaired) electrons. The smallest absolute Gasteiger partial charge is 0.283 e. The van der Waals surface area contributed by atoms with Crippen LogP contribution in [-0.2, 0) is 19.7 Å². The zero-order chi connectivity index (χ0) is 25.4. The summed E-state index contributed by atoms with van der Waals surface area (Å²) in [5.74, 6) is -22.2. The summed E-state index contributed by atoms with van der Waals surface area (Å²) in [6, 6.07) is 0. The average Bonchev–Trinajstić information content (AvgIpc) is 2.62. The van der Waals surface area contributed by atoms with E-state index in [2.05, 4.69) is 0 Å². The third-order valence-electron chi connectivity index (χ3n) is 3.64. The van der Waals surface area contributed by atoms with Crippen LogP contribution in [0.2, 0.25) is 0 Å². The molecule has 0 aliphatic carbocycles. The highest BCUT2D eigenvalue weighted by molar-refractivity contribution is 8.13. The highest BCUT2D eigenvalue weighted by atomic mass is 32.3. The second-order valence-electron chi connectivity index (χ2n) is 5.51. The minimum Gasteiger partial charge on any atom is -0.283 e. The fraction of sp³-hybridized carbons (Fsp3) is 0.154. The minimum absolute atomic E-state index is 2.55. The van der Waals surface area contributed by atoms with Crippen molar-refractivity contribution >= 4 is 30.4 Å². The van der Waals surface area contributed by atoms with Gasteiger partial charge in [-0.3, -0.25) is 8.78 Å². The van der Waals surface area contributed by atoms with Gasteiger partial charge in [-0.05, 0) is 0 Å². The van der Waals surface area contributed by atoms with Crippen LogP contribution < -0.4 is 0 Å². The van der Waals surface area contributed by atoms with Crippen LogP contribution in [0, 0.1) is 45.3 Å². The standard InChI is InChI=1S/C13F13O4S2/c14-4-1-2(7(17)10(20)9(19)6(1)16)5(15)8(18)3(4)11(31(27,28)12(21,22)23)32(29,30)13(24,25)26/q-1. The minimum atomic E-state index is -7.93. The summed E-state index contributed by atoms with van der Waals surface area (Å²) in [7, 11) is -15.9. The van der Waals surface area contributed by atoms with Crippen LogP contribution in [0.5, 0.6) is 0 Å². The first-order valence-electron chi connectivity index (χ1n) is 6.94. The molecule has 0 saturated heterocycles. The molecule has 2 aromatic rings. The summed E-state index contributed by atoms with van der Waals surface area (Å²) in [4.78, 5) is 0. The lowest BCUT2D eigenvalue weighted by Crippen LogP contribution is -2.41. The predicted octanol–water partition coefficient (Wildman–Crippen LogP) is 4.52. The van der Waals surface area contributed by atoms with Gasteiger partial charge in [0.15, 0.2) is 23.3 Å². The first kappa shape index (κ1) is 25.8. The molecule has 0 fully saturated rings. The molecule has 2 aromatic carbocycles. The van der Waals surface area contributed by atoms with Gasteiger partial charge < -0.3 is 0 Å². The van der Waals surface area contributed by atoms with Gasteiger partial charge in [0.1, 0.15) is 5.82 Å². The molecule has 19 heteroatoms. The van der Waals surface area contributed by atoms with Crippen LogP contribution in [0.25, 0.3) is 10.8 Å². The highest BCUT2D eigenvalue weighted by Crippen LogP contribution is 2.47. The van der Waals surface area contributed by atoms with E-state index in [1.54, 1.807) is 0 Å². The third kappa shape index (κ3) is 3.41. The van der Waals surface area contributed by atoms with Crippen LogP contribution in [0.3, 0.4) is 0 Å². The molecule has 0 amide bonds. The normalized spacial score (nSPS) is 13.7. The van der Waals surface area contributed by atoms with Crippen LogP contribution in [0.15, 0.2) is 0 Å². The molecule has 0 heterocycles. The van der Waals surface area contributed by atoms with Crippen molar-refractivity contribution in [2.45, 2.75) is 11.0 Å². The Labute approximate surface area is 167 Å². The SMILES string of the molecule is O=S(=O)([C-](c1c(F)c(F)c2c(F)c(F)c(F)c(F)c2c1F)S(=O)(=O)C(F)(F)F)C(F)(F)F. The summed E-state index contributed by atoms with van der Waals surface area (Å²) in [5, 5.41) is -5.27. The fourth-order valence-corrected chi connectivity index (χ4v) is 5.33. The van der Waals surface area contributed by atoms with E-state index in [9.17, 15) is 73.9 Å². The number of halogens is 13. The summed E-state index contributed by atoms with van der Waals surface area (Å²) in [6.45, 7) is 0. The summed E-state index contributed by atoms with van der Waals surface area (Å²) >= 11 is 0. The first-order chi connectivity index (χ1) is 14.1. The van der Waals surface area contributed by atoms with E-state index in [4.69, 9.17) is 0 Å². The average molecular weight is 531 g/mol. The number of fused-ring (bicyclic) bond motifs is 1. The lowest BCUT2D eigenvalue weighted by atomic mass is 10.0. The van der Waals surface area contributed by atoms with Gasteiger partial charge in [0, 0.05) is 16.6 Å². The molecule has 0 aliphatic rings. The Morgan fingerprint density at radius 1 is 0.469 bits per heavy atom. The van der Waals surface area contributed by atoms with E-state index in [-0.39, 0.29) is 0 Å². The zero-order valence-corrected chi connectivity index (χ0v) is 15.5. The van der Waals surface area contributed by atoms with E-state index in [1.807, 2.05) is 0 Å². The summed E-state index contributed by atoms with van der Waals surface area (Å²) < 4.78 is 216. The topological polar surface area (TPSA) is 68.3 Å². The van der Waals surface area contributed by atoms with Crippen molar-refractivity contribution in [2.24, 2.45) is 0 Å². The molecule has 0 spiro atoms. The van der Waals surface area contributed by atoms with Gasteiger partial charge in [-0.2, -0.15) is 26.3 Å². The Morgan fingerprint density at radius 2 is 0.750 bits per heavy atom. The number of hydrogen-bond acceptors (Lipinski definition) is 4. The van der Waals surface area contributed by atoms with E-state index < -0.39 is 92.3 Å². The van der Waals surface area contributed by atoms with Crippen molar-refractivity contribution in [1.29, 1.82) is 0 Å². The number of sulfone groups is 2. The second-order valence-corrected chi connectivity index (χ2v) is 9.52. The molecule has 180 valence electrons. The number of rotatable bonds is 3. The number of alkyl halides is 6. The van der Waals surface area contributed by atoms with Gasteiger partial charge in [-0.15, -0.1) is 0 Å². The summed E-state index contributed by atoms with van der Waals surface area (Å²) in [5.41, 5.74) is -17.6. The van der Waals surface area contributed by atoms with Crippen LogP contribution in [0.4, 0.5) is 57.1 Å². The zero-order valence-electron chi connectivity index (χ0n) is 13.9. The van der Waals surface area contributed by atoms with Crippen LogP contribution in [-0.4, -0.2) is 27.9 Å². The van der Waals surface area contributed by atoms with Gasteiger partial charge in [-0.1, -0.05) is 5.56 Å². The molecule has 0 saturated carbocycles. The molecule has 0 aliphatic heterocycles. The molecule has 0 aromatic heterocycles. The molecule has 32 heavy (non-hydrogen) atoms. The molecule has 0 N–H and O–H groups in total. The van der Waals surface area contributed by atoms with Crippen molar-refractivity contribution in [3.8, 4) is 0 Å². The van der Waals surface area contributed by atoms with Crippen molar-refractivity contribution in [3.63, 3.8) is 0 Å². The van der Waals surface area contributed by atoms with Crippen molar-refractivity contribution in [1.82, 2.24) is 0 Å². The van der Waals surface area contributed by atoms with Gasteiger partial charge >= 0.3 is 11.0 Å². The Morgan fingerprint density at radius 3 is 1.06 bits per heavy atom. The molecule has 0 unspecified atom stereocenters. The van der Waals surface area contributed by atoms with Gasteiger partial charge in [-0.25, -0.2) is 38.8 Å². The maximum atomic E-state index is 14.6. The Hall–Kier alpha value is -2.44. The monoisotopic (exact) mass is 531 g/mol. The van der Waals surface area contributed by atoms with Gasteiger partial charge in [0.05, 0.1) is 10.4 Å². The Balaban J connectivity index is 3.30. The number of benzene rings is 2. The van der Waals surface area contributed by atoms with Crippen LogP contribution >= 0.6 is 0 Å². The van der Waals surface area contributed by atoms with Crippen molar-refractivity contribution in [2.75, 3.05) is 0 Å². The van der Waals surface area contributed by atoms with E-state index in [0.717, 1.165) is 0 Å². The lowest BCUT2D eigenvalue weighted by molar-refractivity contribution is -0.0452. The maximum Gasteiger partial charge on any atom is 0.491 e. The summed E-state index contributed by atoms with van der Waals surface area (Å²) in [6.07, 6.45) is 0. The molecule has 0 atom stereocenters. The second kappa shape index (κ2) is 7.29. The van der Waals surface area contributed by atoms with Crippen LogP contribution in [0.1, 0.15) is 5.56 Å². The fourth-order valence-electron chi connectivity index (χ4n) is 2.29. The van der Waals surface area contributed by atoms with E-state index in [1.165, 1.54) is 0 Å². The molecule has 4 nitrogen and oxygen atoms in total. The Bertz CT molecular complexity index is 1300. The van der Waals surface area contributed by atoms with E-state index in [0.29, 0.717) is 0 Å². The molecule has 0 bridgehead atoms. The largest absolute Gasteiger partial charge is 0.491 e. The predicted molar refractivity (Wildman–Crippen MR) is 75.9 cm³/mol. The Kier molecular flexibility index (Phi) is 5.88. The quantitative estimate of drug-likeness (QED) is 0.253. The molecular weight excluding hydrogens is 531 g/mol. The molecule has 2 rings (SSSR count). The highest BCUT2D eigenvalue weighted by Gasteiger charge is 2.60. The van der Waals surface area contributed by atoms with Crippen molar-refractivity contribution in [3.05, 3.63) is 50.9 Å². The maximum absolute atomic E-state index is 14.6. The van der Waals surface area contributed by atoms with Crippen molar-refractivity contribution < 1.29 is 73.9 Å². The lowest BCUT2D eigenvalue weighted by Gasteiger charge is -2.29. The first-order valence-corrected chi connectivity index (χ1v) is 9.91. The third-order valence-corrected chi connectivity index (χ3v) is 7.56. The number of hydrogen-bond donors (Lipinski definition) is 0.